The number of nitrogens with zero attached hydrogens (tertiary/aromatic N) is 3. The molecule has 0 bridgehead atoms. The number of nitrogens with one attached hydrogen (secondary N) is 1. The summed E-state index contributed by atoms with van der Waals surface area (Å²) in [6.45, 7) is 8.61. The standard InChI is InChI=1S/C24H30N4O4/c1-16-18(8-6-12-25-16)26-19-7-5-9-20-22(19)31-15-21(29)28(20)17-10-13-27(14-11-17)23(30)32-24(2,3)4/h5-9,12,17,26H,10-11,13-15H2,1-4H3. The molecule has 1 saturated heterocycles. The third-order valence-electron chi connectivity index (χ3n) is 5.62. The lowest BCUT2D eigenvalue weighted by Gasteiger charge is -2.41. The number of carbonyl (C=O) groups excluding carboxylic acids is 2. The molecule has 0 aliphatic carbocycles. The number of carbonyl (C=O) groups is 2. The second kappa shape index (κ2) is 8.68. The first-order valence-electron chi connectivity index (χ1n) is 11.0. The number of benzene rings is 1. The van der Waals surface area contributed by atoms with Gasteiger partial charge in [-0.25, -0.2) is 4.79 Å². The van der Waals surface area contributed by atoms with Crippen molar-refractivity contribution in [1.82, 2.24) is 9.88 Å². The van der Waals surface area contributed by atoms with Crippen molar-refractivity contribution in [3.05, 3.63) is 42.2 Å². The van der Waals surface area contributed by atoms with E-state index in [2.05, 4.69) is 10.3 Å². The van der Waals surface area contributed by atoms with E-state index in [-0.39, 0.29) is 24.6 Å². The SMILES string of the molecule is Cc1ncccc1Nc1cccc2c1OCC(=O)N2C1CCN(C(=O)OC(C)(C)C)CC1. The fraction of sp³-hybridized carbons (Fsp3) is 0.458. The molecule has 0 unspecified atom stereocenters. The van der Waals surface area contributed by atoms with Gasteiger partial charge in [0.1, 0.15) is 5.60 Å². The number of aromatic nitrogens is 1. The van der Waals surface area contributed by atoms with Crippen LogP contribution in [0.3, 0.4) is 0 Å². The monoisotopic (exact) mass is 438 g/mol. The summed E-state index contributed by atoms with van der Waals surface area (Å²) in [5.74, 6) is 0.591. The van der Waals surface area contributed by atoms with Gasteiger partial charge in [-0.1, -0.05) is 6.07 Å². The number of rotatable bonds is 3. The van der Waals surface area contributed by atoms with Gasteiger partial charge in [0, 0.05) is 25.3 Å². The highest BCUT2D eigenvalue weighted by Gasteiger charge is 2.36. The number of piperidine rings is 1. The van der Waals surface area contributed by atoms with Crippen molar-refractivity contribution in [1.29, 1.82) is 0 Å². The largest absolute Gasteiger partial charge is 0.479 e. The maximum Gasteiger partial charge on any atom is 0.410 e. The minimum absolute atomic E-state index is 0.000727. The summed E-state index contributed by atoms with van der Waals surface area (Å²) in [6, 6.07) is 9.59. The van der Waals surface area contributed by atoms with E-state index >= 15 is 0 Å². The first kappa shape index (κ1) is 21.9. The van der Waals surface area contributed by atoms with Gasteiger partial charge in [-0.3, -0.25) is 9.78 Å². The van der Waals surface area contributed by atoms with Gasteiger partial charge in [0.15, 0.2) is 12.4 Å². The number of hydrogen-bond acceptors (Lipinski definition) is 6. The Kier molecular flexibility index (Phi) is 5.95. The van der Waals surface area contributed by atoms with Crippen LogP contribution in [0.1, 0.15) is 39.3 Å². The average Bonchev–Trinajstić information content (AvgIpc) is 2.74. The lowest BCUT2D eigenvalue weighted by molar-refractivity contribution is -0.122. The fourth-order valence-corrected chi connectivity index (χ4v) is 4.10. The van der Waals surface area contributed by atoms with Crippen LogP contribution < -0.4 is 15.0 Å². The summed E-state index contributed by atoms with van der Waals surface area (Å²) in [4.78, 5) is 33.1. The van der Waals surface area contributed by atoms with Crippen molar-refractivity contribution in [3.8, 4) is 5.75 Å². The van der Waals surface area contributed by atoms with Gasteiger partial charge in [-0.05, 0) is 64.8 Å². The molecular formula is C24H30N4O4. The van der Waals surface area contributed by atoms with Crippen molar-refractivity contribution < 1.29 is 19.1 Å². The third kappa shape index (κ3) is 4.64. The highest BCUT2D eigenvalue weighted by Crippen LogP contribution is 2.42. The van der Waals surface area contributed by atoms with Crippen LogP contribution in [0.2, 0.25) is 0 Å². The average molecular weight is 439 g/mol. The van der Waals surface area contributed by atoms with E-state index in [1.54, 1.807) is 11.1 Å². The molecule has 2 aliphatic rings. The van der Waals surface area contributed by atoms with E-state index in [0.717, 1.165) is 22.8 Å². The van der Waals surface area contributed by atoms with Gasteiger partial charge in [0.25, 0.3) is 5.91 Å². The van der Waals surface area contributed by atoms with Gasteiger partial charge in [0.05, 0.1) is 22.8 Å². The Hall–Kier alpha value is -3.29. The van der Waals surface area contributed by atoms with E-state index in [0.29, 0.717) is 31.7 Å². The zero-order valence-electron chi connectivity index (χ0n) is 19.1. The Morgan fingerprint density at radius 1 is 1.16 bits per heavy atom. The minimum Gasteiger partial charge on any atom is -0.479 e. The first-order chi connectivity index (χ1) is 15.2. The molecule has 2 aliphatic heterocycles. The zero-order valence-corrected chi connectivity index (χ0v) is 19.1. The van der Waals surface area contributed by atoms with E-state index in [4.69, 9.17) is 9.47 Å². The fourth-order valence-electron chi connectivity index (χ4n) is 4.10. The van der Waals surface area contributed by atoms with Crippen LogP contribution in [0.4, 0.5) is 21.9 Å². The molecule has 1 aromatic heterocycles. The van der Waals surface area contributed by atoms with Crippen LogP contribution in [-0.4, -0.2) is 53.2 Å². The van der Waals surface area contributed by atoms with Crippen LogP contribution in [-0.2, 0) is 9.53 Å². The Balaban J connectivity index is 1.52. The maximum absolute atomic E-state index is 12.8. The Morgan fingerprint density at radius 2 is 1.88 bits per heavy atom. The van der Waals surface area contributed by atoms with Gasteiger partial charge < -0.3 is 24.6 Å². The number of likely N-dealkylation sites (tertiary alicyclic amines) is 1. The quantitative estimate of drug-likeness (QED) is 0.771. The van der Waals surface area contributed by atoms with Crippen molar-refractivity contribution in [2.24, 2.45) is 0 Å². The minimum atomic E-state index is -0.525. The second-order valence-electron chi connectivity index (χ2n) is 9.17. The maximum atomic E-state index is 12.8. The van der Waals surface area contributed by atoms with Gasteiger partial charge in [0.2, 0.25) is 0 Å². The molecule has 1 aromatic carbocycles. The number of amides is 2. The lowest BCUT2D eigenvalue weighted by atomic mass is 10.0. The number of anilines is 3. The van der Waals surface area contributed by atoms with Crippen molar-refractivity contribution in [2.45, 2.75) is 52.2 Å². The van der Waals surface area contributed by atoms with Gasteiger partial charge in [-0.15, -0.1) is 0 Å². The highest BCUT2D eigenvalue weighted by molar-refractivity contribution is 6.00. The zero-order chi connectivity index (χ0) is 22.9. The molecule has 8 nitrogen and oxygen atoms in total. The smallest absolute Gasteiger partial charge is 0.410 e. The van der Waals surface area contributed by atoms with E-state index in [1.807, 2.05) is 62.9 Å². The van der Waals surface area contributed by atoms with Crippen LogP contribution >= 0.6 is 0 Å². The van der Waals surface area contributed by atoms with Crippen molar-refractivity contribution >= 4 is 29.1 Å². The summed E-state index contributed by atoms with van der Waals surface area (Å²) >= 11 is 0. The summed E-state index contributed by atoms with van der Waals surface area (Å²) in [6.07, 6.45) is 2.82. The number of pyridine rings is 1. The number of hydrogen-bond donors (Lipinski definition) is 1. The molecule has 1 N–H and O–H groups in total. The summed E-state index contributed by atoms with van der Waals surface area (Å²) < 4.78 is 11.3. The molecule has 1 fully saturated rings. The number of aryl methyl sites for hydroxylation is 1. The predicted octanol–water partition coefficient (Wildman–Crippen LogP) is 4.26. The van der Waals surface area contributed by atoms with E-state index in [1.165, 1.54) is 0 Å². The van der Waals surface area contributed by atoms with Crippen LogP contribution in [0.25, 0.3) is 0 Å². The molecule has 170 valence electrons. The molecule has 0 spiro atoms. The molecule has 0 saturated carbocycles. The van der Waals surface area contributed by atoms with Crippen LogP contribution in [0.5, 0.6) is 5.75 Å². The number of para-hydroxylation sites is 1. The Labute approximate surface area is 188 Å². The molecule has 4 rings (SSSR count). The number of fused-ring (bicyclic) bond motifs is 1. The predicted molar refractivity (Wildman–Crippen MR) is 123 cm³/mol. The molecular weight excluding hydrogens is 408 g/mol. The Morgan fingerprint density at radius 3 is 2.56 bits per heavy atom. The summed E-state index contributed by atoms with van der Waals surface area (Å²) in [7, 11) is 0. The Bertz CT molecular complexity index is 1010. The lowest BCUT2D eigenvalue weighted by Crippen LogP contribution is -2.52. The third-order valence-corrected chi connectivity index (χ3v) is 5.62. The molecule has 2 amide bonds. The number of ether oxygens (including phenoxy) is 2. The molecule has 0 atom stereocenters. The van der Waals surface area contributed by atoms with E-state index in [9.17, 15) is 9.59 Å². The highest BCUT2D eigenvalue weighted by atomic mass is 16.6. The van der Waals surface area contributed by atoms with Crippen LogP contribution in [0.15, 0.2) is 36.5 Å². The second-order valence-corrected chi connectivity index (χ2v) is 9.17. The van der Waals surface area contributed by atoms with Crippen molar-refractivity contribution in [3.63, 3.8) is 0 Å². The molecule has 3 heterocycles. The topological polar surface area (TPSA) is 84.0 Å². The first-order valence-corrected chi connectivity index (χ1v) is 11.0. The normalized spacial score (nSPS) is 16.9. The molecule has 2 aromatic rings. The van der Waals surface area contributed by atoms with E-state index < -0.39 is 5.60 Å². The van der Waals surface area contributed by atoms with Gasteiger partial charge >= 0.3 is 6.09 Å². The molecule has 8 heteroatoms. The van der Waals surface area contributed by atoms with Crippen LogP contribution in [0, 0.1) is 6.92 Å². The van der Waals surface area contributed by atoms with Crippen molar-refractivity contribution in [2.75, 3.05) is 29.9 Å². The molecule has 0 radical (unpaired) electrons. The summed E-state index contributed by atoms with van der Waals surface area (Å²) in [5, 5.41) is 3.39. The summed E-state index contributed by atoms with van der Waals surface area (Å²) in [5.41, 5.74) is 2.79. The molecule has 32 heavy (non-hydrogen) atoms. The van der Waals surface area contributed by atoms with Gasteiger partial charge in [-0.2, -0.15) is 0 Å².